The first-order valence-corrected chi connectivity index (χ1v) is 9.06. The normalized spacial score (nSPS) is 24.8. The summed E-state index contributed by atoms with van der Waals surface area (Å²) < 4.78 is 19.5. The second-order valence-corrected chi connectivity index (χ2v) is 7.16. The molecule has 0 N–H and O–H groups in total. The van der Waals surface area contributed by atoms with Crippen LogP contribution in [0.25, 0.3) is 0 Å². The lowest BCUT2D eigenvalue weighted by atomic mass is 10.0. The van der Waals surface area contributed by atoms with Crippen LogP contribution in [-0.2, 0) is 9.53 Å². The fraction of sp³-hybridized carbons (Fsp3) is 0.400. The molecule has 4 rings (SSSR count). The van der Waals surface area contributed by atoms with Crippen molar-refractivity contribution >= 4 is 17.6 Å². The third kappa shape index (κ3) is 3.15. The summed E-state index contributed by atoms with van der Waals surface area (Å²) in [5.74, 6) is -0.806. The average molecular weight is 360 g/mol. The summed E-state index contributed by atoms with van der Waals surface area (Å²) in [5.41, 5.74) is 2.49. The van der Waals surface area contributed by atoms with Crippen LogP contribution < -0.4 is 0 Å². The second kappa shape index (κ2) is 6.41. The van der Waals surface area contributed by atoms with E-state index >= 15 is 0 Å². The Bertz CT molecular complexity index is 821. The van der Waals surface area contributed by atoms with Crippen LogP contribution in [0.2, 0.25) is 5.15 Å². The number of esters is 1. The van der Waals surface area contributed by atoms with E-state index in [0.717, 1.165) is 24.1 Å². The van der Waals surface area contributed by atoms with Gasteiger partial charge in [-0.15, -0.1) is 0 Å². The van der Waals surface area contributed by atoms with Crippen molar-refractivity contribution in [2.45, 2.75) is 37.5 Å². The maximum atomic E-state index is 14.3. The van der Waals surface area contributed by atoms with Gasteiger partial charge in [0.25, 0.3) is 0 Å². The maximum Gasteiger partial charge on any atom is 0.310 e. The number of carbonyl (C=O) groups is 1. The Hall–Kier alpha value is -1.94. The van der Waals surface area contributed by atoms with Crippen LogP contribution in [0.15, 0.2) is 36.4 Å². The van der Waals surface area contributed by atoms with E-state index in [1.807, 2.05) is 6.07 Å². The Morgan fingerprint density at radius 3 is 2.72 bits per heavy atom. The van der Waals surface area contributed by atoms with E-state index in [1.54, 1.807) is 31.2 Å². The van der Waals surface area contributed by atoms with Gasteiger partial charge in [0.2, 0.25) is 0 Å². The predicted octanol–water partition coefficient (Wildman–Crippen LogP) is 4.81. The summed E-state index contributed by atoms with van der Waals surface area (Å²) in [7, 11) is 0. The Morgan fingerprint density at radius 2 is 2.04 bits per heavy atom. The van der Waals surface area contributed by atoms with E-state index in [9.17, 15) is 9.18 Å². The molecule has 2 saturated carbocycles. The fourth-order valence-corrected chi connectivity index (χ4v) is 3.93. The molecule has 0 spiro atoms. The van der Waals surface area contributed by atoms with E-state index in [0.29, 0.717) is 23.2 Å². The van der Waals surface area contributed by atoms with Gasteiger partial charge in [0.1, 0.15) is 11.0 Å². The smallest absolute Gasteiger partial charge is 0.310 e. The molecule has 130 valence electrons. The highest BCUT2D eigenvalue weighted by molar-refractivity contribution is 6.29. The molecule has 0 radical (unpaired) electrons. The van der Waals surface area contributed by atoms with Gasteiger partial charge in [0, 0.05) is 23.4 Å². The van der Waals surface area contributed by atoms with Crippen LogP contribution in [0.4, 0.5) is 4.39 Å². The standard InChI is InChI=1S/C20H19ClFNO2/c1-2-25-20(24)19-17(18(19)13-5-3-4-6-14(13)22)12-9-15(11-7-8-11)23-16(21)10-12/h3-6,9-11,17-19H,2,7-8H2,1H3. The molecule has 0 bridgehead atoms. The number of hydrogen-bond donors (Lipinski definition) is 0. The molecule has 3 atom stereocenters. The van der Waals surface area contributed by atoms with Gasteiger partial charge in [-0.1, -0.05) is 29.8 Å². The van der Waals surface area contributed by atoms with Crippen LogP contribution in [-0.4, -0.2) is 17.6 Å². The quantitative estimate of drug-likeness (QED) is 0.568. The number of hydrogen-bond acceptors (Lipinski definition) is 3. The van der Waals surface area contributed by atoms with E-state index in [2.05, 4.69) is 4.98 Å². The van der Waals surface area contributed by atoms with Gasteiger partial charge in [0.15, 0.2) is 0 Å². The molecule has 1 heterocycles. The maximum absolute atomic E-state index is 14.3. The molecule has 0 saturated heterocycles. The molecule has 1 aromatic carbocycles. The number of ether oxygens (including phenoxy) is 1. The number of carbonyl (C=O) groups excluding carboxylic acids is 1. The fourth-order valence-electron chi connectivity index (χ4n) is 3.71. The summed E-state index contributed by atoms with van der Waals surface area (Å²) >= 11 is 6.21. The minimum absolute atomic E-state index is 0.117. The van der Waals surface area contributed by atoms with Crippen molar-refractivity contribution in [3.05, 3.63) is 64.2 Å². The molecule has 2 aliphatic carbocycles. The second-order valence-electron chi connectivity index (χ2n) is 6.77. The molecule has 3 nitrogen and oxygen atoms in total. The van der Waals surface area contributed by atoms with Gasteiger partial charge in [-0.2, -0.15) is 0 Å². The largest absolute Gasteiger partial charge is 0.466 e. The first-order chi connectivity index (χ1) is 12.1. The first-order valence-electron chi connectivity index (χ1n) is 8.68. The van der Waals surface area contributed by atoms with E-state index < -0.39 is 0 Å². The molecule has 5 heteroatoms. The number of rotatable bonds is 5. The van der Waals surface area contributed by atoms with Gasteiger partial charge in [-0.3, -0.25) is 4.79 Å². The SMILES string of the molecule is CCOC(=O)C1C(c2cc(Cl)nc(C3CC3)c2)C1c1ccccc1F. The van der Waals surface area contributed by atoms with E-state index in [-0.39, 0.29) is 29.5 Å². The van der Waals surface area contributed by atoms with Crippen LogP contribution >= 0.6 is 11.6 Å². The molecule has 2 aromatic rings. The lowest BCUT2D eigenvalue weighted by molar-refractivity contribution is -0.144. The van der Waals surface area contributed by atoms with Crippen molar-refractivity contribution in [2.24, 2.45) is 5.92 Å². The highest BCUT2D eigenvalue weighted by Crippen LogP contribution is 2.62. The first kappa shape index (κ1) is 16.5. The van der Waals surface area contributed by atoms with Crippen LogP contribution in [0.3, 0.4) is 0 Å². The minimum atomic E-state index is -0.373. The monoisotopic (exact) mass is 359 g/mol. The third-order valence-corrected chi connectivity index (χ3v) is 5.25. The Balaban J connectivity index is 1.71. The molecule has 3 unspecified atom stereocenters. The highest BCUT2D eigenvalue weighted by Gasteiger charge is 2.58. The Labute approximate surface area is 151 Å². The zero-order chi connectivity index (χ0) is 17.6. The Kier molecular flexibility index (Phi) is 4.24. The van der Waals surface area contributed by atoms with E-state index in [1.165, 1.54) is 6.07 Å². The topological polar surface area (TPSA) is 39.2 Å². The van der Waals surface area contributed by atoms with Gasteiger partial charge in [-0.25, -0.2) is 9.37 Å². The van der Waals surface area contributed by atoms with Gasteiger partial charge < -0.3 is 4.74 Å². The highest BCUT2D eigenvalue weighted by atomic mass is 35.5. The summed E-state index contributed by atoms with van der Waals surface area (Å²) in [6.07, 6.45) is 2.24. The van der Waals surface area contributed by atoms with Crippen molar-refractivity contribution in [1.82, 2.24) is 4.98 Å². The summed E-state index contributed by atoms with van der Waals surface area (Å²) in [6, 6.07) is 10.5. The lowest BCUT2D eigenvalue weighted by Crippen LogP contribution is -2.08. The minimum Gasteiger partial charge on any atom is -0.466 e. The molecule has 0 aliphatic heterocycles. The van der Waals surface area contributed by atoms with Gasteiger partial charge >= 0.3 is 5.97 Å². The van der Waals surface area contributed by atoms with E-state index in [4.69, 9.17) is 16.3 Å². The number of aromatic nitrogens is 1. The number of benzene rings is 1. The van der Waals surface area contributed by atoms with Crippen molar-refractivity contribution in [3.63, 3.8) is 0 Å². The average Bonchev–Trinajstić information content (AvgIpc) is 3.47. The van der Waals surface area contributed by atoms with Crippen LogP contribution in [0.5, 0.6) is 0 Å². The van der Waals surface area contributed by atoms with Crippen molar-refractivity contribution < 1.29 is 13.9 Å². The van der Waals surface area contributed by atoms with Crippen LogP contribution in [0, 0.1) is 11.7 Å². The van der Waals surface area contributed by atoms with Crippen molar-refractivity contribution in [1.29, 1.82) is 0 Å². The van der Waals surface area contributed by atoms with Gasteiger partial charge in [-0.05, 0) is 49.1 Å². The molecule has 1 aromatic heterocycles. The van der Waals surface area contributed by atoms with Crippen LogP contribution in [0.1, 0.15) is 54.3 Å². The lowest BCUT2D eigenvalue weighted by Gasteiger charge is -2.06. The summed E-state index contributed by atoms with van der Waals surface area (Å²) in [6.45, 7) is 2.10. The zero-order valence-electron chi connectivity index (χ0n) is 13.9. The number of nitrogens with zero attached hydrogens (tertiary/aromatic N) is 1. The molecular weight excluding hydrogens is 341 g/mol. The molecule has 2 aliphatic rings. The molecular formula is C20H19ClFNO2. The van der Waals surface area contributed by atoms with Crippen molar-refractivity contribution in [2.75, 3.05) is 6.61 Å². The zero-order valence-corrected chi connectivity index (χ0v) is 14.7. The summed E-state index contributed by atoms with van der Waals surface area (Å²) in [4.78, 5) is 16.8. The number of pyridine rings is 1. The predicted molar refractivity (Wildman–Crippen MR) is 93.2 cm³/mol. The van der Waals surface area contributed by atoms with Gasteiger partial charge in [0.05, 0.1) is 12.5 Å². The number of halogens is 2. The molecule has 25 heavy (non-hydrogen) atoms. The molecule has 0 amide bonds. The summed E-state index contributed by atoms with van der Waals surface area (Å²) in [5, 5.41) is 0.432. The van der Waals surface area contributed by atoms with Crippen molar-refractivity contribution in [3.8, 4) is 0 Å². The Morgan fingerprint density at radius 1 is 1.28 bits per heavy atom. The third-order valence-electron chi connectivity index (χ3n) is 5.06. The molecule has 2 fully saturated rings.